The van der Waals surface area contributed by atoms with Gasteiger partial charge in [0.15, 0.2) is 5.96 Å². The summed E-state index contributed by atoms with van der Waals surface area (Å²) in [4.78, 5) is 4.22. The van der Waals surface area contributed by atoms with Crippen molar-refractivity contribution in [2.24, 2.45) is 4.99 Å². The third kappa shape index (κ3) is 7.66. The van der Waals surface area contributed by atoms with Gasteiger partial charge in [0.2, 0.25) is 0 Å². The van der Waals surface area contributed by atoms with Gasteiger partial charge in [0, 0.05) is 26.7 Å². The molecule has 0 aliphatic heterocycles. The van der Waals surface area contributed by atoms with Gasteiger partial charge >= 0.3 is 0 Å². The zero-order valence-electron chi connectivity index (χ0n) is 13.7. The number of nitrogens with zero attached hydrogens (tertiary/aromatic N) is 1. The maximum absolute atomic E-state index is 5.10. The number of hydrogen-bond donors (Lipinski definition) is 2. The van der Waals surface area contributed by atoms with Crippen LogP contribution >= 0.6 is 24.0 Å². The van der Waals surface area contributed by atoms with E-state index in [0.29, 0.717) is 6.61 Å². The van der Waals surface area contributed by atoms with Crippen molar-refractivity contribution in [2.45, 2.75) is 33.2 Å². The maximum atomic E-state index is 5.10. The Morgan fingerprint density at radius 3 is 2.62 bits per heavy atom. The lowest BCUT2D eigenvalue weighted by atomic mass is 10.0. The maximum Gasteiger partial charge on any atom is 0.191 e. The molecule has 2 N–H and O–H groups in total. The van der Waals surface area contributed by atoms with E-state index in [9.17, 15) is 0 Å². The fourth-order valence-corrected chi connectivity index (χ4v) is 2.16. The minimum absolute atomic E-state index is 0. The Balaban J connectivity index is 0.00000400. The van der Waals surface area contributed by atoms with Gasteiger partial charge in [-0.2, -0.15) is 0 Å². The van der Waals surface area contributed by atoms with Crippen LogP contribution in [0.3, 0.4) is 0 Å². The second-order valence-corrected chi connectivity index (χ2v) is 5.18. The fourth-order valence-electron chi connectivity index (χ4n) is 2.16. The van der Waals surface area contributed by atoms with Crippen molar-refractivity contribution in [1.82, 2.24) is 10.6 Å². The van der Waals surface area contributed by atoms with Crippen LogP contribution in [0.15, 0.2) is 23.2 Å². The number of methoxy groups -OCH3 is 1. The van der Waals surface area contributed by atoms with Gasteiger partial charge < -0.3 is 15.4 Å². The van der Waals surface area contributed by atoms with Gasteiger partial charge in [-0.05, 0) is 38.3 Å². The number of ether oxygens (including phenoxy) is 1. The molecule has 21 heavy (non-hydrogen) atoms. The van der Waals surface area contributed by atoms with Crippen LogP contribution in [0.25, 0.3) is 0 Å². The molecule has 4 nitrogen and oxygen atoms in total. The second kappa shape index (κ2) is 10.8. The summed E-state index contributed by atoms with van der Waals surface area (Å²) in [7, 11) is 3.49. The SMILES string of the molecule is CN=C(NCCc1ccc(C)cc1C)NC(C)COC.I. The van der Waals surface area contributed by atoms with E-state index in [1.54, 1.807) is 14.2 Å². The number of nitrogens with one attached hydrogen (secondary N) is 2. The number of rotatable bonds is 6. The molecule has 0 saturated heterocycles. The lowest BCUT2D eigenvalue weighted by molar-refractivity contribution is 0.179. The number of guanidine groups is 1. The van der Waals surface area contributed by atoms with Gasteiger partial charge in [-0.25, -0.2) is 0 Å². The molecule has 0 bridgehead atoms. The normalized spacial score (nSPS) is 12.5. The Morgan fingerprint density at radius 2 is 2.05 bits per heavy atom. The summed E-state index contributed by atoms with van der Waals surface area (Å²) in [6.45, 7) is 7.88. The zero-order valence-corrected chi connectivity index (χ0v) is 16.0. The van der Waals surface area contributed by atoms with Crippen molar-refractivity contribution in [3.8, 4) is 0 Å². The van der Waals surface area contributed by atoms with E-state index in [-0.39, 0.29) is 30.0 Å². The number of aliphatic imine (C=N–C) groups is 1. The van der Waals surface area contributed by atoms with Crippen molar-refractivity contribution in [3.63, 3.8) is 0 Å². The number of hydrogen-bond acceptors (Lipinski definition) is 2. The highest BCUT2D eigenvalue weighted by Crippen LogP contribution is 2.10. The highest BCUT2D eigenvalue weighted by molar-refractivity contribution is 14.0. The van der Waals surface area contributed by atoms with E-state index < -0.39 is 0 Å². The smallest absolute Gasteiger partial charge is 0.191 e. The molecule has 1 rings (SSSR count). The first-order valence-corrected chi connectivity index (χ1v) is 7.09. The predicted octanol–water partition coefficient (Wildman–Crippen LogP) is 2.66. The molecule has 0 radical (unpaired) electrons. The third-order valence-electron chi connectivity index (χ3n) is 3.21. The van der Waals surface area contributed by atoms with Gasteiger partial charge in [0.1, 0.15) is 0 Å². The summed E-state index contributed by atoms with van der Waals surface area (Å²) in [5, 5.41) is 6.62. The van der Waals surface area contributed by atoms with Crippen molar-refractivity contribution in [1.29, 1.82) is 0 Å². The fraction of sp³-hybridized carbons (Fsp3) is 0.562. The monoisotopic (exact) mass is 405 g/mol. The van der Waals surface area contributed by atoms with E-state index in [1.165, 1.54) is 16.7 Å². The van der Waals surface area contributed by atoms with Gasteiger partial charge in [0.05, 0.1) is 6.61 Å². The van der Waals surface area contributed by atoms with Crippen molar-refractivity contribution in [3.05, 3.63) is 34.9 Å². The molecule has 1 unspecified atom stereocenters. The van der Waals surface area contributed by atoms with E-state index >= 15 is 0 Å². The van der Waals surface area contributed by atoms with Gasteiger partial charge in [-0.3, -0.25) is 4.99 Å². The van der Waals surface area contributed by atoms with Gasteiger partial charge in [-0.15, -0.1) is 24.0 Å². The molecule has 0 heterocycles. The Kier molecular flexibility index (Phi) is 10.4. The summed E-state index contributed by atoms with van der Waals surface area (Å²) in [5.74, 6) is 0.819. The molecule has 5 heteroatoms. The highest BCUT2D eigenvalue weighted by Gasteiger charge is 2.04. The Bertz CT molecular complexity index is 449. The molecule has 1 aromatic carbocycles. The molecule has 0 amide bonds. The first-order valence-electron chi connectivity index (χ1n) is 7.09. The first-order chi connectivity index (χ1) is 9.56. The number of halogens is 1. The Hall–Kier alpha value is -0.820. The van der Waals surface area contributed by atoms with Gasteiger partial charge in [-0.1, -0.05) is 23.8 Å². The molecule has 0 saturated carbocycles. The topological polar surface area (TPSA) is 45.7 Å². The van der Waals surface area contributed by atoms with Crippen LogP contribution in [0.5, 0.6) is 0 Å². The minimum atomic E-state index is 0. The highest BCUT2D eigenvalue weighted by atomic mass is 127. The van der Waals surface area contributed by atoms with Crippen LogP contribution in [0, 0.1) is 13.8 Å². The molecule has 1 aromatic rings. The quantitative estimate of drug-likeness (QED) is 0.435. The minimum Gasteiger partial charge on any atom is -0.383 e. The van der Waals surface area contributed by atoms with Crippen LogP contribution < -0.4 is 10.6 Å². The number of benzene rings is 1. The van der Waals surface area contributed by atoms with Gasteiger partial charge in [0.25, 0.3) is 0 Å². The lowest BCUT2D eigenvalue weighted by Gasteiger charge is -2.17. The van der Waals surface area contributed by atoms with E-state index in [4.69, 9.17) is 4.74 Å². The van der Waals surface area contributed by atoms with Crippen LogP contribution in [-0.2, 0) is 11.2 Å². The van der Waals surface area contributed by atoms with Crippen molar-refractivity contribution < 1.29 is 4.74 Å². The summed E-state index contributed by atoms with van der Waals surface area (Å²) < 4.78 is 5.10. The summed E-state index contributed by atoms with van der Waals surface area (Å²) in [5.41, 5.74) is 4.04. The molecule has 0 fully saturated rings. The van der Waals surface area contributed by atoms with E-state index in [0.717, 1.165) is 18.9 Å². The van der Waals surface area contributed by atoms with Crippen LogP contribution in [0.4, 0.5) is 0 Å². The van der Waals surface area contributed by atoms with E-state index in [2.05, 4.69) is 54.6 Å². The van der Waals surface area contributed by atoms with E-state index in [1.807, 2.05) is 0 Å². The number of aryl methyl sites for hydroxylation is 2. The molecular weight excluding hydrogens is 377 g/mol. The molecular formula is C16H28IN3O. The Morgan fingerprint density at radius 1 is 1.33 bits per heavy atom. The van der Waals surface area contributed by atoms with Crippen LogP contribution in [-0.4, -0.2) is 39.3 Å². The predicted molar refractivity (Wildman–Crippen MR) is 101 cm³/mol. The average Bonchev–Trinajstić information content (AvgIpc) is 2.40. The molecule has 0 aliphatic rings. The van der Waals surface area contributed by atoms with Crippen LogP contribution in [0.1, 0.15) is 23.6 Å². The first kappa shape index (κ1) is 20.2. The molecule has 0 aromatic heterocycles. The summed E-state index contributed by atoms with van der Waals surface area (Å²) >= 11 is 0. The summed E-state index contributed by atoms with van der Waals surface area (Å²) in [6.07, 6.45) is 0.992. The molecule has 0 spiro atoms. The Labute approximate surface area is 145 Å². The lowest BCUT2D eigenvalue weighted by Crippen LogP contribution is -2.44. The third-order valence-corrected chi connectivity index (χ3v) is 3.21. The average molecular weight is 405 g/mol. The van der Waals surface area contributed by atoms with Crippen molar-refractivity contribution >= 4 is 29.9 Å². The molecule has 120 valence electrons. The molecule has 1 atom stereocenters. The molecule has 0 aliphatic carbocycles. The second-order valence-electron chi connectivity index (χ2n) is 5.18. The zero-order chi connectivity index (χ0) is 15.0. The van der Waals surface area contributed by atoms with Crippen LogP contribution in [0.2, 0.25) is 0 Å². The largest absolute Gasteiger partial charge is 0.383 e. The van der Waals surface area contributed by atoms with Crippen molar-refractivity contribution in [2.75, 3.05) is 27.3 Å². The standard InChI is InChI=1S/C16H27N3O.HI/c1-12-6-7-15(13(2)10-12)8-9-18-16(17-4)19-14(3)11-20-5;/h6-7,10,14H,8-9,11H2,1-5H3,(H2,17,18,19);1H. The summed E-state index contributed by atoms with van der Waals surface area (Å²) in [6, 6.07) is 6.84.